The van der Waals surface area contributed by atoms with Crippen LogP contribution in [0.2, 0.25) is 0 Å². The molecule has 1 rings (SSSR count). The first kappa shape index (κ1) is 11.4. The molecule has 14 heavy (non-hydrogen) atoms. The average Bonchev–Trinajstić information content (AvgIpc) is 2.62. The lowest BCUT2D eigenvalue weighted by atomic mass is 10.4. The molecule has 0 aliphatic heterocycles. The number of carboxylic acids is 1. The third-order valence-electron chi connectivity index (χ3n) is 1.28. The molecular weight excluding hydrogens is 247 g/mol. The van der Waals surface area contributed by atoms with Gasteiger partial charge in [0.05, 0.1) is 5.03 Å². The highest BCUT2D eigenvalue weighted by atomic mass is 35.5. The third-order valence-corrected chi connectivity index (χ3v) is 2.77. The molecule has 0 saturated carbocycles. The summed E-state index contributed by atoms with van der Waals surface area (Å²) in [5.74, 6) is -0.493. The minimum Gasteiger partial charge on any atom is -0.487 e. The molecule has 0 aliphatic carbocycles. The van der Waals surface area contributed by atoms with Crippen LogP contribution >= 0.6 is 34.5 Å². The summed E-state index contributed by atoms with van der Waals surface area (Å²) in [6, 6.07) is 1.44. The highest BCUT2D eigenvalue weighted by Crippen LogP contribution is 2.22. The fourth-order valence-corrected chi connectivity index (χ4v) is 1.47. The number of carbonyl (C=O) groups is 1. The zero-order chi connectivity index (χ0) is 10.6. The summed E-state index contributed by atoms with van der Waals surface area (Å²) >= 11 is 12.0. The molecule has 0 radical (unpaired) electrons. The molecule has 6 heteroatoms. The Balaban J connectivity index is 2.56. The van der Waals surface area contributed by atoms with Crippen molar-refractivity contribution in [3.63, 3.8) is 0 Å². The summed E-state index contributed by atoms with van der Waals surface area (Å²) in [5, 5.41) is 10.6. The van der Waals surface area contributed by atoms with Crippen LogP contribution in [-0.2, 0) is 0 Å². The summed E-state index contributed by atoms with van der Waals surface area (Å²) in [5.41, 5.74) is 1.20. The fourth-order valence-electron chi connectivity index (χ4n) is 0.690. The number of hydrogen-bond acceptors (Lipinski definition) is 3. The van der Waals surface area contributed by atoms with E-state index in [0.29, 0.717) is 10.8 Å². The van der Waals surface area contributed by atoms with Gasteiger partial charge in [0.1, 0.15) is 17.2 Å². The first-order valence-electron chi connectivity index (χ1n) is 3.53. The van der Waals surface area contributed by atoms with Crippen LogP contribution in [0.25, 0.3) is 0 Å². The van der Waals surface area contributed by atoms with Gasteiger partial charge in [-0.25, -0.2) is 4.79 Å². The molecular formula is C8H6Cl2O3S. The molecule has 0 unspecified atom stereocenters. The SMILES string of the molecule is O=C(O)c1cc(OCC(Cl)=CCl)cs1. The molecule has 0 spiro atoms. The number of thiophene rings is 1. The second-order valence-corrected chi connectivity index (χ2v) is 3.91. The highest BCUT2D eigenvalue weighted by molar-refractivity contribution is 7.12. The zero-order valence-corrected chi connectivity index (χ0v) is 9.20. The van der Waals surface area contributed by atoms with Gasteiger partial charge in [0.25, 0.3) is 0 Å². The second-order valence-electron chi connectivity index (χ2n) is 2.30. The number of hydrogen-bond donors (Lipinski definition) is 1. The summed E-state index contributed by atoms with van der Waals surface area (Å²) in [7, 11) is 0. The number of halogens is 2. The summed E-state index contributed by atoms with van der Waals surface area (Å²) in [6.45, 7) is 0.140. The molecule has 0 aromatic carbocycles. The molecule has 0 atom stereocenters. The maximum Gasteiger partial charge on any atom is 0.346 e. The maximum absolute atomic E-state index is 10.5. The second kappa shape index (κ2) is 5.24. The predicted molar refractivity (Wildman–Crippen MR) is 56.6 cm³/mol. The van der Waals surface area contributed by atoms with Crippen molar-refractivity contribution in [2.75, 3.05) is 6.61 Å². The van der Waals surface area contributed by atoms with Gasteiger partial charge in [0, 0.05) is 17.0 Å². The van der Waals surface area contributed by atoms with Crippen LogP contribution in [0.15, 0.2) is 22.0 Å². The van der Waals surface area contributed by atoms with E-state index >= 15 is 0 Å². The van der Waals surface area contributed by atoms with Crippen molar-refractivity contribution in [3.8, 4) is 5.75 Å². The zero-order valence-electron chi connectivity index (χ0n) is 6.87. The number of ether oxygens (including phenoxy) is 1. The lowest BCUT2D eigenvalue weighted by Crippen LogP contribution is -1.96. The van der Waals surface area contributed by atoms with E-state index in [1.165, 1.54) is 11.6 Å². The smallest absolute Gasteiger partial charge is 0.346 e. The summed E-state index contributed by atoms with van der Waals surface area (Å²) in [4.78, 5) is 10.7. The van der Waals surface area contributed by atoms with E-state index in [9.17, 15) is 4.79 Å². The van der Waals surface area contributed by atoms with Crippen molar-refractivity contribution in [1.29, 1.82) is 0 Å². The first-order valence-corrected chi connectivity index (χ1v) is 5.22. The van der Waals surface area contributed by atoms with Crippen molar-refractivity contribution in [3.05, 3.63) is 26.9 Å². The molecule has 3 nitrogen and oxygen atoms in total. The van der Waals surface area contributed by atoms with Crippen molar-refractivity contribution in [1.82, 2.24) is 0 Å². The molecule has 0 aliphatic rings. The minimum absolute atomic E-state index is 0.140. The van der Waals surface area contributed by atoms with E-state index in [4.69, 9.17) is 33.0 Å². The van der Waals surface area contributed by atoms with E-state index in [-0.39, 0.29) is 11.5 Å². The largest absolute Gasteiger partial charge is 0.487 e. The van der Waals surface area contributed by atoms with E-state index in [0.717, 1.165) is 11.3 Å². The van der Waals surface area contributed by atoms with Gasteiger partial charge in [-0.1, -0.05) is 23.2 Å². The van der Waals surface area contributed by atoms with Crippen LogP contribution in [0.3, 0.4) is 0 Å². The lowest BCUT2D eigenvalue weighted by molar-refractivity contribution is 0.0702. The lowest BCUT2D eigenvalue weighted by Gasteiger charge is -2.00. The normalized spacial score (nSPS) is 11.4. The average molecular weight is 253 g/mol. The van der Waals surface area contributed by atoms with E-state index in [2.05, 4.69) is 0 Å². The van der Waals surface area contributed by atoms with Crippen molar-refractivity contribution >= 4 is 40.5 Å². The molecule has 76 valence electrons. The Bertz CT molecular complexity index is 359. The molecule has 1 aromatic rings. The summed E-state index contributed by atoms with van der Waals surface area (Å²) < 4.78 is 5.15. The van der Waals surface area contributed by atoms with Crippen LogP contribution < -0.4 is 4.74 Å². The van der Waals surface area contributed by atoms with Gasteiger partial charge in [-0.05, 0) is 0 Å². The monoisotopic (exact) mass is 252 g/mol. The van der Waals surface area contributed by atoms with Gasteiger partial charge >= 0.3 is 5.97 Å². The van der Waals surface area contributed by atoms with Crippen molar-refractivity contribution in [2.45, 2.75) is 0 Å². The van der Waals surface area contributed by atoms with E-state index < -0.39 is 5.97 Å². The van der Waals surface area contributed by atoms with E-state index in [1.54, 1.807) is 5.38 Å². The molecule has 1 aromatic heterocycles. The fraction of sp³-hybridized carbons (Fsp3) is 0.125. The molecule has 0 bridgehead atoms. The Labute approximate surface area is 94.5 Å². The van der Waals surface area contributed by atoms with E-state index in [1.807, 2.05) is 0 Å². The summed E-state index contributed by atoms with van der Waals surface area (Å²) in [6.07, 6.45) is 0. The minimum atomic E-state index is -0.969. The topological polar surface area (TPSA) is 46.5 Å². The van der Waals surface area contributed by atoms with Gasteiger partial charge < -0.3 is 9.84 Å². The third kappa shape index (κ3) is 3.21. The Morgan fingerprint density at radius 3 is 2.93 bits per heavy atom. The van der Waals surface area contributed by atoms with Crippen molar-refractivity contribution in [2.24, 2.45) is 0 Å². The number of aromatic carboxylic acids is 1. The molecule has 0 saturated heterocycles. The van der Waals surface area contributed by atoms with Crippen LogP contribution in [0, 0.1) is 0 Å². The van der Waals surface area contributed by atoms with Crippen LogP contribution in [0.5, 0.6) is 5.75 Å². The number of carboxylic acid groups (broad SMARTS) is 1. The Morgan fingerprint density at radius 1 is 1.71 bits per heavy atom. The van der Waals surface area contributed by atoms with Crippen LogP contribution in [0.4, 0.5) is 0 Å². The van der Waals surface area contributed by atoms with Crippen LogP contribution in [0.1, 0.15) is 9.67 Å². The van der Waals surface area contributed by atoms with Gasteiger partial charge in [-0.15, -0.1) is 11.3 Å². The Kier molecular flexibility index (Phi) is 4.25. The maximum atomic E-state index is 10.5. The van der Waals surface area contributed by atoms with Crippen molar-refractivity contribution < 1.29 is 14.6 Å². The Hall–Kier alpha value is -0.710. The highest BCUT2D eigenvalue weighted by Gasteiger charge is 2.07. The predicted octanol–water partition coefficient (Wildman–Crippen LogP) is 3.14. The van der Waals surface area contributed by atoms with Gasteiger partial charge in [-0.3, -0.25) is 0 Å². The molecule has 0 amide bonds. The van der Waals surface area contributed by atoms with Gasteiger partial charge in [-0.2, -0.15) is 0 Å². The molecule has 1 heterocycles. The number of rotatable bonds is 4. The first-order chi connectivity index (χ1) is 6.63. The van der Waals surface area contributed by atoms with Gasteiger partial charge in [0.2, 0.25) is 0 Å². The molecule has 1 N–H and O–H groups in total. The Morgan fingerprint density at radius 2 is 2.43 bits per heavy atom. The standard InChI is InChI=1S/C8H6Cl2O3S/c9-2-5(10)3-13-6-1-7(8(11)12)14-4-6/h1-2,4H,3H2,(H,11,12). The van der Waals surface area contributed by atoms with Crippen LogP contribution in [-0.4, -0.2) is 17.7 Å². The quantitative estimate of drug-likeness (QED) is 0.896. The van der Waals surface area contributed by atoms with Gasteiger partial charge in [0.15, 0.2) is 0 Å². The molecule has 0 fully saturated rings.